The molecule has 2 aromatic rings. The number of hydrogen-bond acceptors (Lipinski definition) is 6. The topological polar surface area (TPSA) is 97.4 Å². The SMILES string of the molecule is N#CC(C#N)=C(NCc1ccc(Cl)nc1)NCc1ccc(Cl)cn1. The van der Waals surface area contributed by atoms with Crippen LogP contribution in [0.4, 0.5) is 0 Å². The molecule has 0 fully saturated rings. The molecule has 6 nitrogen and oxygen atoms in total. The number of halogens is 2. The molecule has 2 aromatic heterocycles. The molecule has 2 N–H and O–H groups in total. The molecule has 2 rings (SSSR count). The number of nitrogens with one attached hydrogen (secondary N) is 2. The summed E-state index contributed by atoms with van der Waals surface area (Å²) in [5.74, 6) is 0.326. The Morgan fingerprint density at radius 2 is 1.71 bits per heavy atom. The van der Waals surface area contributed by atoms with Crippen molar-refractivity contribution in [2.45, 2.75) is 13.1 Å². The first-order chi connectivity index (χ1) is 11.6. The Kier molecular flexibility index (Phi) is 6.39. The lowest BCUT2D eigenvalue weighted by Gasteiger charge is -2.13. The van der Waals surface area contributed by atoms with Gasteiger partial charge in [-0.15, -0.1) is 0 Å². The van der Waals surface area contributed by atoms with Crippen molar-refractivity contribution in [3.8, 4) is 12.1 Å². The molecule has 0 saturated carbocycles. The van der Waals surface area contributed by atoms with E-state index < -0.39 is 0 Å². The summed E-state index contributed by atoms with van der Waals surface area (Å²) in [5.41, 5.74) is 1.53. The average Bonchev–Trinajstić information content (AvgIpc) is 2.60. The molecule has 0 aliphatic carbocycles. The van der Waals surface area contributed by atoms with Crippen LogP contribution in [0.3, 0.4) is 0 Å². The number of nitrogens with zero attached hydrogens (tertiary/aromatic N) is 4. The minimum Gasteiger partial charge on any atom is -0.366 e. The van der Waals surface area contributed by atoms with Crippen molar-refractivity contribution in [3.05, 3.63) is 69.5 Å². The zero-order valence-corrected chi connectivity index (χ0v) is 13.9. The highest BCUT2D eigenvalue weighted by molar-refractivity contribution is 6.30. The Hall–Kier alpha value is -2.80. The molecule has 0 atom stereocenters. The Bertz CT molecular complexity index is 733. The molecule has 0 spiro atoms. The third-order valence-corrected chi connectivity index (χ3v) is 3.41. The monoisotopic (exact) mass is 358 g/mol. The fourth-order valence-corrected chi connectivity index (χ4v) is 1.99. The molecule has 0 aliphatic heterocycles. The maximum atomic E-state index is 9.09. The summed E-state index contributed by atoms with van der Waals surface area (Å²) in [4.78, 5) is 8.13. The van der Waals surface area contributed by atoms with E-state index in [9.17, 15) is 0 Å². The van der Waals surface area contributed by atoms with Gasteiger partial charge in [-0.3, -0.25) is 4.98 Å². The van der Waals surface area contributed by atoms with E-state index in [-0.39, 0.29) is 5.57 Å². The fourth-order valence-electron chi connectivity index (χ4n) is 1.77. The second-order valence-electron chi connectivity index (χ2n) is 4.64. The van der Waals surface area contributed by atoms with Crippen molar-refractivity contribution in [3.63, 3.8) is 0 Å². The van der Waals surface area contributed by atoms with Crippen LogP contribution in [-0.2, 0) is 13.1 Å². The number of aromatic nitrogens is 2. The van der Waals surface area contributed by atoms with E-state index in [1.807, 2.05) is 12.1 Å². The van der Waals surface area contributed by atoms with Crippen LogP contribution in [0.5, 0.6) is 0 Å². The van der Waals surface area contributed by atoms with Gasteiger partial charge in [-0.1, -0.05) is 29.3 Å². The summed E-state index contributed by atoms with van der Waals surface area (Å²) < 4.78 is 0. The van der Waals surface area contributed by atoms with Crippen LogP contribution < -0.4 is 10.6 Å². The van der Waals surface area contributed by atoms with Gasteiger partial charge in [0, 0.05) is 18.9 Å². The summed E-state index contributed by atoms with van der Waals surface area (Å²) in [7, 11) is 0. The van der Waals surface area contributed by atoms with Crippen molar-refractivity contribution in [2.24, 2.45) is 0 Å². The van der Waals surface area contributed by atoms with Crippen molar-refractivity contribution >= 4 is 23.2 Å². The van der Waals surface area contributed by atoms with Crippen molar-refractivity contribution in [2.75, 3.05) is 0 Å². The predicted octanol–water partition coefficient (Wildman–Crippen LogP) is 2.92. The highest BCUT2D eigenvalue weighted by Crippen LogP contribution is 2.08. The Morgan fingerprint density at radius 3 is 2.29 bits per heavy atom. The van der Waals surface area contributed by atoms with Crippen LogP contribution in [0.25, 0.3) is 0 Å². The van der Waals surface area contributed by atoms with Crippen LogP contribution in [0.15, 0.2) is 48.1 Å². The standard InChI is InChI=1S/C16H12Cl2N6/c17-13-2-3-14(21-9-13)10-24-16(12(5-19)6-20)23-8-11-1-4-15(18)22-7-11/h1-4,7,9,23-24H,8,10H2. The summed E-state index contributed by atoms with van der Waals surface area (Å²) in [6.45, 7) is 0.721. The fraction of sp³-hybridized carbons (Fsp3) is 0.125. The first kappa shape index (κ1) is 17.6. The van der Waals surface area contributed by atoms with Crippen molar-refractivity contribution in [1.82, 2.24) is 20.6 Å². The number of allylic oxidation sites excluding steroid dienone is 1. The molecular weight excluding hydrogens is 347 g/mol. The number of nitriles is 2. The Labute approximate surface area is 149 Å². The molecule has 8 heteroatoms. The van der Waals surface area contributed by atoms with E-state index in [0.717, 1.165) is 11.3 Å². The number of hydrogen-bond donors (Lipinski definition) is 2. The number of rotatable bonds is 6. The van der Waals surface area contributed by atoms with Gasteiger partial charge in [0.25, 0.3) is 0 Å². The highest BCUT2D eigenvalue weighted by Gasteiger charge is 2.07. The zero-order chi connectivity index (χ0) is 17.4. The van der Waals surface area contributed by atoms with E-state index >= 15 is 0 Å². The Balaban J connectivity index is 2.07. The van der Waals surface area contributed by atoms with Gasteiger partial charge in [0.15, 0.2) is 5.57 Å². The molecule has 0 bridgehead atoms. The molecule has 0 unspecified atom stereocenters. The molecule has 0 aromatic carbocycles. The lowest BCUT2D eigenvalue weighted by molar-refractivity contribution is 0.668. The summed E-state index contributed by atoms with van der Waals surface area (Å²) in [5, 5.41) is 25.2. The lowest BCUT2D eigenvalue weighted by atomic mass is 10.2. The quantitative estimate of drug-likeness (QED) is 0.608. The van der Waals surface area contributed by atoms with Crippen molar-refractivity contribution < 1.29 is 0 Å². The van der Waals surface area contributed by atoms with Crippen LogP contribution in [0.2, 0.25) is 10.2 Å². The minimum atomic E-state index is -0.0501. The maximum Gasteiger partial charge on any atom is 0.169 e. The second-order valence-corrected chi connectivity index (χ2v) is 5.46. The van der Waals surface area contributed by atoms with Crippen LogP contribution in [0, 0.1) is 22.7 Å². The largest absolute Gasteiger partial charge is 0.366 e. The maximum absolute atomic E-state index is 9.09. The minimum absolute atomic E-state index is 0.0501. The second kappa shape index (κ2) is 8.73. The third-order valence-electron chi connectivity index (χ3n) is 2.97. The van der Waals surface area contributed by atoms with E-state index in [1.54, 1.807) is 30.5 Å². The molecule has 2 heterocycles. The molecule has 0 aliphatic rings. The van der Waals surface area contributed by atoms with Gasteiger partial charge in [0.2, 0.25) is 0 Å². The van der Waals surface area contributed by atoms with Crippen molar-refractivity contribution in [1.29, 1.82) is 10.5 Å². The smallest absolute Gasteiger partial charge is 0.169 e. The predicted molar refractivity (Wildman–Crippen MR) is 90.4 cm³/mol. The van der Waals surface area contributed by atoms with Gasteiger partial charge in [-0.05, 0) is 23.8 Å². The molecule has 0 saturated heterocycles. The van der Waals surface area contributed by atoms with Gasteiger partial charge in [-0.2, -0.15) is 10.5 Å². The molecule has 0 radical (unpaired) electrons. The normalized spacial score (nSPS) is 9.50. The molecule has 0 amide bonds. The van der Waals surface area contributed by atoms with Crippen LogP contribution >= 0.6 is 23.2 Å². The van der Waals surface area contributed by atoms with Crippen LogP contribution in [0.1, 0.15) is 11.3 Å². The van der Waals surface area contributed by atoms with E-state index in [2.05, 4.69) is 20.6 Å². The van der Waals surface area contributed by atoms with Gasteiger partial charge < -0.3 is 10.6 Å². The van der Waals surface area contributed by atoms with E-state index in [0.29, 0.717) is 29.1 Å². The summed E-state index contributed by atoms with van der Waals surface area (Å²) in [6.07, 6.45) is 3.15. The van der Waals surface area contributed by atoms with Gasteiger partial charge in [0.1, 0.15) is 23.1 Å². The van der Waals surface area contributed by atoms with Gasteiger partial charge >= 0.3 is 0 Å². The lowest BCUT2D eigenvalue weighted by Crippen LogP contribution is -2.27. The summed E-state index contributed by atoms with van der Waals surface area (Å²) in [6, 6.07) is 10.7. The first-order valence-electron chi connectivity index (χ1n) is 6.85. The molecular formula is C16H12Cl2N6. The van der Waals surface area contributed by atoms with Gasteiger partial charge in [0.05, 0.1) is 17.3 Å². The first-order valence-corrected chi connectivity index (χ1v) is 7.61. The molecule has 24 heavy (non-hydrogen) atoms. The third kappa shape index (κ3) is 5.13. The highest BCUT2D eigenvalue weighted by atomic mass is 35.5. The zero-order valence-electron chi connectivity index (χ0n) is 12.4. The van der Waals surface area contributed by atoms with E-state index in [4.69, 9.17) is 33.7 Å². The Morgan fingerprint density at radius 1 is 0.958 bits per heavy atom. The van der Waals surface area contributed by atoms with Crippen LogP contribution in [-0.4, -0.2) is 9.97 Å². The average molecular weight is 359 g/mol. The number of pyridine rings is 2. The van der Waals surface area contributed by atoms with E-state index in [1.165, 1.54) is 6.20 Å². The molecule has 120 valence electrons. The summed E-state index contributed by atoms with van der Waals surface area (Å²) >= 11 is 11.5. The van der Waals surface area contributed by atoms with Gasteiger partial charge in [-0.25, -0.2) is 4.98 Å².